The lowest BCUT2D eigenvalue weighted by Gasteiger charge is -2.24. The molecule has 2 aromatic carbocycles. The lowest BCUT2D eigenvalue weighted by Crippen LogP contribution is -2.31. The smallest absolute Gasteiger partial charge is 0.254 e. The van der Waals surface area contributed by atoms with Crippen molar-refractivity contribution in [3.8, 4) is 34.3 Å². The van der Waals surface area contributed by atoms with Crippen LogP contribution in [0.25, 0.3) is 33.6 Å². The number of nitriles is 1. The number of amides is 1. The van der Waals surface area contributed by atoms with Gasteiger partial charge in [-0.05, 0) is 73.6 Å². The second-order valence-corrected chi connectivity index (χ2v) is 11.8. The highest BCUT2D eigenvalue weighted by molar-refractivity contribution is 5.97. The van der Waals surface area contributed by atoms with Crippen molar-refractivity contribution in [1.82, 2.24) is 9.88 Å². The summed E-state index contributed by atoms with van der Waals surface area (Å²) in [6.45, 7) is 2.72. The zero-order valence-electron chi connectivity index (χ0n) is 24.1. The van der Waals surface area contributed by atoms with Gasteiger partial charge in [0, 0.05) is 61.7 Å². The number of carbonyl (C=O) groups excluding carboxylic acids is 1. The maximum absolute atomic E-state index is 13.4. The van der Waals surface area contributed by atoms with E-state index in [0.29, 0.717) is 58.3 Å². The van der Waals surface area contributed by atoms with E-state index in [2.05, 4.69) is 16.4 Å². The highest BCUT2D eigenvalue weighted by Crippen LogP contribution is 2.41. The van der Waals surface area contributed by atoms with E-state index < -0.39 is 0 Å². The van der Waals surface area contributed by atoms with E-state index in [4.69, 9.17) is 13.9 Å². The predicted octanol–water partition coefficient (Wildman–Crippen LogP) is 5.48. The molecule has 1 saturated carbocycles. The average molecular weight is 579 g/mol. The Balaban J connectivity index is 1.17. The summed E-state index contributed by atoms with van der Waals surface area (Å²) >= 11 is 0. The number of benzene rings is 2. The number of ether oxygens (including phenoxy) is 2. The molecule has 0 bridgehead atoms. The van der Waals surface area contributed by atoms with Crippen molar-refractivity contribution in [3.05, 3.63) is 65.9 Å². The Morgan fingerprint density at radius 3 is 2.72 bits per heavy atom. The Hall–Kier alpha value is -4.39. The number of aliphatic hydroxyl groups excluding tert-OH is 1. The second-order valence-electron chi connectivity index (χ2n) is 11.8. The Bertz CT molecular complexity index is 1720. The number of nitrogens with one attached hydrogen (secondary N) is 1. The zero-order valence-corrected chi connectivity index (χ0v) is 24.1. The Labute approximate surface area is 250 Å². The third-order valence-electron chi connectivity index (χ3n) is 9.26. The number of aromatic nitrogens is 1. The van der Waals surface area contributed by atoms with Crippen LogP contribution in [0.1, 0.15) is 41.6 Å². The normalized spacial score (nSPS) is 22.0. The van der Waals surface area contributed by atoms with Gasteiger partial charge < -0.3 is 29.2 Å². The molecule has 3 atom stereocenters. The quantitative estimate of drug-likeness (QED) is 0.309. The number of likely N-dealkylation sites (tertiary alicyclic amines) is 1. The number of fused-ring (bicyclic) bond motifs is 2. The summed E-state index contributed by atoms with van der Waals surface area (Å²) in [5.74, 6) is 1.60. The van der Waals surface area contributed by atoms with E-state index in [-0.39, 0.29) is 24.0 Å². The molecule has 2 aromatic heterocycles. The van der Waals surface area contributed by atoms with Crippen LogP contribution in [0.4, 0.5) is 5.69 Å². The molecule has 9 heteroatoms. The Morgan fingerprint density at radius 1 is 1.07 bits per heavy atom. The fourth-order valence-electron chi connectivity index (χ4n) is 6.90. The van der Waals surface area contributed by atoms with E-state index in [1.54, 1.807) is 25.4 Å². The Morgan fingerprint density at radius 2 is 1.93 bits per heavy atom. The summed E-state index contributed by atoms with van der Waals surface area (Å²) in [5.41, 5.74) is 5.62. The summed E-state index contributed by atoms with van der Waals surface area (Å²) in [5, 5.41) is 23.7. The SMILES string of the molecule is COc1cc(C(=O)N2CC3CCC(O)C3C2)ccc1-c1cc2nccc(-c3ccc(NC4CCOCC4)c(C#N)c3)c2o1. The van der Waals surface area contributed by atoms with Gasteiger partial charge in [0.25, 0.3) is 5.91 Å². The molecule has 43 heavy (non-hydrogen) atoms. The first-order chi connectivity index (χ1) is 21.0. The maximum atomic E-state index is 13.4. The molecule has 2 N–H and O–H groups in total. The number of methoxy groups -OCH3 is 1. The van der Waals surface area contributed by atoms with Crippen molar-refractivity contribution in [3.63, 3.8) is 0 Å². The van der Waals surface area contributed by atoms with Gasteiger partial charge in [0.2, 0.25) is 0 Å². The number of hydrogen-bond donors (Lipinski definition) is 2. The first-order valence-electron chi connectivity index (χ1n) is 15.0. The van der Waals surface area contributed by atoms with Gasteiger partial charge in [-0.2, -0.15) is 5.26 Å². The minimum absolute atomic E-state index is 0.0527. The number of carbonyl (C=O) groups is 1. The van der Waals surface area contributed by atoms with Crippen molar-refractivity contribution < 1.29 is 23.8 Å². The standard InChI is InChI=1S/C34H34N4O5/c1-41-31-15-21(34(40)38-18-22-4-7-30(39)27(22)19-38)2-5-26(31)32-16-29-33(43-32)25(8-11-36-29)20-3-6-28(23(14-20)17-35)37-24-9-12-42-13-10-24/h2-3,5-6,8,11,14-16,22,24,27,30,37,39H,4,7,9-10,12-13,18-19H2,1H3. The largest absolute Gasteiger partial charge is 0.496 e. The van der Waals surface area contributed by atoms with Gasteiger partial charge in [0.1, 0.15) is 23.1 Å². The van der Waals surface area contributed by atoms with Crippen LogP contribution in [0.5, 0.6) is 5.75 Å². The average Bonchev–Trinajstić information content (AvgIpc) is 3.77. The lowest BCUT2D eigenvalue weighted by atomic mass is 10.00. The monoisotopic (exact) mass is 578 g/mol. The maximum Gasteiger partial charge on any atom is 0.254 e. The van der Waals surface area contributed by atoms with Crippen molar-refractivity contribution in [2.24, 2.45) is 11.8 Å². The van der Waals surface area contributed by atoms with Gasteiger partial charge in [-0.25, -0.2) is 0 Å². The molecule has 7 rings (SSSR count). The first kappa shape index (κ1) is 27.4. The molecule has 9 nitrogen and oxygen atoms in total. The van der Waals surface area contributed by atoms with Crippen molar-refractivity contribution >= 4 is 22.7 Å². The highest BCUT2D eigenvalue weighted by atomic mass is 16.5. The van der Waals surface area contributed by atoms with Gasteiger partial charge in [0.15, 0.2) is 5.58 Å². The summed E-state index contributed by atoms with van der Waals surface area (Å²) in [4.78, 5) is 19.7. The van der Waals surface area contributed by atoms with E-state index >= 15 is 0 Å². The van der Waals surface area contributed by atoms with Crippen LogP contribution < -0.4 is 10.1 Å². The van der Waals surface area contributed by atoms with Crippen LogP contribution in [0.2, 0.25) is 0 Å². The number of aliphatic hydroxyl groups is 1. The van der Waals surface area contributed by atoms with Crippen molar-refractivity contribution in [2.45, 2.75) is 37.8 Å². The summed E-state index contributed by atoms with van der Waals surface area (Å²) in [7, 11) is 1.58. The molecule has 3 unspecified atom stereocenters. The van der Waals surface area contributed by atoms with E-state index in [0.717, 1.165) is 55.7 Å². The van der Waals surface area contributed by atoms with E-state index in [9.17, 15) is 15.2 Å². The van der Waals surface area contributed by atoms with Crippen LogP contribution in [-0.2, 0) is 4.74 Å². The third kappa shape index (κ3) is 5.11. The summed E-state index contributed by atoms with van der Waals surface area (Å²) in [6, 6.07) is 17.6. The lowest BCUT2D eigenvalue weighted by molar-refractivity contribution is 0.0752. The van der Waals surface area contributed by atoms with Crippen LogP contribution in [0.15, 0.2) is 59.1 Å². The minimum Gasteiger partial charge on any atom is -0.496 e. The second kappa shape index (κ2) is 11.4. The summed E-state index contributed by atoms with van der Waals surface area (Å²) in [6.07, 6.45) is 5.04. The molecule has 0 radical (unpaired) electrons. The van der Waals surface area contributed by atoms with Crippen LogP contribution in [0, 0.1) is 23.2 Å². The van der Waals surface area contributed by atoms with Gasteiger partial charge in [-0.15, -0.1) is 0 Å². The topological polar surface area (TPSA) is 121 Å². The van der Waals surface area contributed by atoms with Gasteiger partial charge in [-0.1, -0.05) is 6.07 Å². The molecule has 4 heterocycles. The van der Waals surface area contributed by atoms with Gasteiger partial charge in [-0.3, -0.25) is 9.78 Å². The molecular formula is C34H34N4O5. The molecule has 3 fully saturated rings. The number of hydrogen-bond acceptors (Lipinski definition) is 8. The predicted molar refractivity (Wildman–Crippen MR) is 162 cm³/mol. The fourth-order valence-corrected chi connectivity index (χ4v) is 6.90. The molecule has 220 valence electrons. The van der Waals surface area contributed by atoms with Crippen molar-refractivity contribution in [1.29, 1.82) is 5.26 Å². The molecule has 2 saturated heterocycles. The Kier molecular flexibility index (Phi) is 7.25. The first-order valence-corrected chi connectivity index (χ1v) is 15.0. The molecule has 3 aliphatic rings. The number of pyridine rings is 1. The minimum atomic E-state index is -0.315. The number of rotatable bonds is 6. The highest BCUT2D eigenvalue weighted by Gasteiger charge is 2.43. The molecule has 1 amide bonds. The molecular weight excluding hydrogens is 544 g/mol. The molecule has 1 aliphatic carbocycles. The molecule has 4 aromatic rings. The van der Waals surface area contributed by atoms with E-state index in [1.165, 1.54) is 0 Å². The molecule has 2 aliphatic heterocycles. The van der Waals surface area contributed by atoms with Crippen LogP contribution >= 0.6 is 0 Å². The van der Waals surface area contributed by atoms with Crippen molar-refractivity contribution in [2.75, 3.05) is 38.7 Å². The number of nitrogens with zero attached hydrogens (tertiary/aromatic N) is 3. The van der Waals surface area contributed by atoms with Crippen LogP contribution in [0.3, 0.4) is 0 Å². The number of furan rings is 1. The number of anilines is 1. The van der Waals surface area contributed by atoms with Gasteiger partial charge in [0.05, 0.1) is 30.0 Å². The summed E-state index contributed by atoms with van der Waals surface area (Å²) < 4.78 is 17.6. The van der Waals surface area contributed by atoms with E-state index in [1.807, 2.05) is 41.3 Å². The fraction of sp³-hybridized carbons (Fsp3) is 0.382. The zero-order chi connectivity index (χ0) is 29.5. The third-order valence-corrected chi connectivity index (χ3v) is 9.26. The molecule has 0 spiro atoms. The van der Waals surface area contributed by atoms with Crippen LogP contribution in [-0.4, -0.2) is 66.5 Å². The van der Waals surface area contributed by atoms with Gasteiger partial charge >= 0.3 is 0 Å².